The number of hydrogen-bond donors (Lipinski definition) is 1. The molecule has 0 amide bonds. The summed E-state index contributed by atoms with van der Waals surface area (Å²) in [6, 6.07) is 5.52. The fraction of sp³-hybridized carbons (Fsp3) is 0.500. The molecule has 0 heterocycles. The first-order chi connectivity index (χ1) is 8.69. The van der Waals surface area contributed by atoms with Crippen molar-refractivity contribution in [3.8, 4) is 11.5 Å². The molecule has 0 aromatic heterocycles. The summed E-state index contributed by atoms with van der Waals surface area (Å²) in [5, 5.41) is 0. The van der Waals surface area contributed by atoms with Crippen molar-refractivity contribution in [2.75, 3.05) is 13.7 Å². The molecule has 100 valence electrons. The molecule has 0 fully saturated rings. The van der Waals surface area contributed by atoms with Gasteiger partial charge >= 0.3 is 0 Å². The molecule has 1 aromatic rings. The summed E-state index contributed by atoms with van der Waals surface area (Å²) in [6.07, 6.45) is 4.74. The summed E-state index contributed by atoms with van der Waals surface area (Å²) in [7, 11) is 1.61. The molecule has 0 aliphatic heterocycles. The molecule has 0 unspecified atom stereocenters. The van der Waals surface area contributed by atoms with Crippen LogP contribution in [0.5, 0.6) is 11.5 Å². The first kappa shape index (κ1) is 14.8. The first-order valence-corrected chi connectivity index (χ1v) is 6.70. The van der Waals surface area contributed by atoms with Gasteiger partial charge in [0.15, 0.2) is 11.5 Å². The Morgan fingerprint density at radius 2 is 2.00 bits per heavy atom. The van der Waals surface area contributed by atoms with Crippen LogP contribution in [0.15, 0.2) is 18.2 Å². The van der Waals surface area contributed by atoms with Crippen LogP contribution in [-0.2, 0) is 0 Å². The van der Waals surface area contributed by atoms with E-state index in [0.717, 1.165) is 17.7 Å². The van der Waals surface area contributed by atoms with E-state index in [2.05, 4.69) is 6.92 Å². The summed E-state index contributed by atoms with van der Waals surface area (Å²) >= 11 is 4.93. The minimum absolute atomic E-state index is 0.364. The summed E-state index contributed by atoms with van der Waals surface area (Å²) in [5.74, 6) is 1.42. The van der Waals surface area contributed by atoms with Gasteiger partial charge in [0.1, 0.15) is 4.99 Å². The van der Waals surface area contributed by atoms with Gasteiger partial charge in [0.25, 0.3) is 0 Å². The van der Waals surface area contributed by atoms with Gasteiger partial charge in [0.2, 0.25) is 0 Å². The number of methoxy groups -OCH3 is 1. The molecule has 0 aliphatic rings. The Bertz CT molecular complexity index is 393. The maximum atomic E-state index is 5.70. The van der Waals surface area contributed by atoms with E-state index in [1.165, 1.54) is 19.3 Å². The third kappa shape index (κ3) is 4.53. The molecule has 4 heteroatoms. The number of ether oxygens (including phenoxy) is 2. The molecule has 2 N–H and O–H groups in total. The molecule has 0 saturated heterocycles. The number of unbranched alkanes of at least 4 members (excludes halogenated alkanes) is 3. The van der Waals surface area contributed by atoms with E-state index in [0.29, 0.717) is 17.3 Å². The molecule has 0 bridgehead atoms. The van der Waals surface area contributed by atoms with E-state index >= 15 is 0 Å². The molecule has 18 heavy (non-hydrogen) atoms. The average molecular weight is 267 g/mol. The number of thiocarbonyl (C=S) groups is 1. The largest absolute Gasteiger partial charge is 0.493 e. The Hall–Kier alpha value is -1.29. The molecular weight excluding hydrogens is 246 g/mol. The number of hydrogen-bond acceptors (Lipinski definition) is 3. The summed E-state index contributed by atoms with van der Waals surface area (Å²) < 4.78 is 11.0. The van der Waals surface area contributed by atoms with Crippen LogP contribution in [0.25, 0.3) is 0 Å². The standard InChI is InChI=1S/C14H21NO2S/c1-3-4-5-6-9-17-12-8-7-11(14(15)18)10-13(12)16-2/h7-8,10H,3-6,9H2,1-2H3,(H2,15,18). The molecule has 0 saturated carbocycles. The Balaban J connectivity index is 2.57. The van der Waals surface area contributed by atoms with E-state index in [9.17, 15) is 0 Å². The SMILES string of the molecule is CCCCCCOc1ccc(C(N)=S)cc1OC. The maximum absolute atomic E-state index is 5.70. The fourth-order valence-electron chi connectivity index (χ4n) is 1.65. The van der Waals surface area contributed by atoms with E-state index in [4.69, 9.17) is 27.4 Å². The topological polar surface area (TPSA) is 44.5 Å². The van der Waals surface area contributed by atoms with Crippen molar-refractivity contribution in [1.82, 2.24) is 0 Å². The molecular formula is C14H21NO2S. The summed E-state index contributed by atoms with van der Waals surface area (Å²) in [5.41, 5.74) is 6.37. The lowest BCUT2D eigenvalue weighted by atomic mass is 10.2. The lowest BCUT2D eigenvalue weighted by Crippen LogP contribution is -2.09. The predicted octanol–water partition coefficient (Wildman–Crippen LogP) is 3.29. The van der Waals surface area contributed by atoms with Crippen LogP contribution in [0.3, 0.4) is 0 Å². The highest BCUT2D eigenvalue weighted by Gasteiger charge is 2.06. The van der Waals surface area contributed by atoms with Crippen LogP contribution in [0, 0.1) is 0 Å². The van der Waals surface area contributed by atoms with Crippen molar-refractivity contribution in [1.29, 1.82) is 0 Å². The Morgan fingerprint density at radius 3 is 2.61 bits per heavy atom. The van der Waals surface area contributed by atoms with Crippen molar-refractivity contribution in [3.05, 3.63) is 23.8 Å². The second-order valence-corrected chi connectivity index (χ2v) is 4.58. The van der Waals surface area contributed by atoms with Crippen LogP contribution in [0.4, 0.5) is 0 Å². The highest BCUT2D eigenvalue weighted by atomic mass is 32.1. The van der Waals surface area contributed by atoms with Crippen molar-refractivity contribution in [2.45, 2.75) is 32.6 Å². The number of benzene rings is 1. The van der Waals surface area contributed by atoms with Crippen LogP contribution in [0.2, 0.25) is 0 Å². The quantitative estimate of drug-likeness (QED) is 0.580. The zero-order chi connectivity index (χ0) is 13.4. The van der Waals surface area contributed by atoms with E-state index in [-0.39, 0.29) is 0 Å². The van der Waals surface area contributed by atoms with Gasteiger partial charge in [-0.1, -0.05) is 38.4 Å². The van der Waals surface area contributed by atoms with Crippen molar-refractivity contribution in [2.24, 2.45) is 5.73 Å². The molecule has 1 rings (SSSR count). The molecule has 0 spiro atoms. The van der Waals surface area contributed by atoms with Crippen LogP contribution in [0.1, 0.15) is 38.2 Å². The van der Waals surface area contributed by atoms with Gasteiger partial charge < -0.3 is 15.2 Å². The van der Waals surface area contributed by atoms with Gasteiger partial charge in [-0.15, -0.1) is 0 Å². The minimum atomic E-state index is 0.364. The van der Waals surface area contributed by atoms with Crippen LogP contribution in [-0.4, -0.2) is 18.7 Å². The monoisotopic (exact) mass is 267 g/mol. The Morgan fingerprint density at radius 1 is 1.22 bits per heavy atom. The smallest absolute Gasteiger partial charge is 0.161 e. The lowest BCUT2D eigenvalue weighted by Gasteiger charge is -2.11. The van der Waals surface area contributed by atoms with Gasteiger partial charge in [-0.05, 0) is 24.6 Å². The molecule has 0 atom stereocenters. The van der Waals surface area contributed by atoms with Crippen molar-refractivity contribution < 1.29 is 9.47 Å². The third-order valence-corrected chi connectivity index (χ3v) is 2.94. The highest BCUT2D eigenvalue weighted by molar-refractivity contribution is 7.80. The molecule has 1 aromatic carbocycles. The summed E-state index contributed by atoms with van der Waals surface area (Å²) in [4.78, 5) is 0.364. The zero-order valence-corrected chi connectivity index (χ0v) is 11.9. The lowest BCUT2D eigenvalue weighted by molar-refractivity contribution is 0.285. The second-order valence-electron chi connectivity index (χ2n) is 4.14. The molecule has 0 aliphatic carbocycles. The van der Waals surface area contributed by atoms with E-state index < -0.39 is 0 Å². The Labute approximate surface area is 114 Å². The number of nitrogens with two attached hydrogens (primary N) is 1. The average Bonchev–Trinajstić information content (AvgIpc) is 2.38. The summed E-state index contributed by atoms with van der Waals surface area (Å²) in [6.45, 7) is 2.90. The fourth-order valence-corrected chi connectivity index (χ4v) is 1.78. The van der Waals surface area contributed by atoms with Crippen LogP contribution < -0.4 is 15.2 Å². The molecule has 3 nitrogen and oxygen atoms in total. The third-order valence-electron chi connectivity index (χ3n) is 2.70. The second kappa shape index (κ2) is 7.93. The van der Waals surface area contributed by atoms with Crippen molar-refractivity contribution >= 4 is 17.2 Å². The zero-order valence-electron chi connectivity index (χ0n) is 11.1. The highest BCUT2D eigenvalue weighted by Crippen LogP contribution is 2.28. The van der Waals surface area contributed by atoms with Gasteiger partial charge in [0, 0.05) is 5.56 Å². The minimum Gasteiger partial charge on any atom is -0.493 e. The maximum Gasteiger partial charge on any atom is 0.161 e. The van der Waals surface area contributed by atoms with Gasteiger partial charge in [0.05, 0.1) is 13.7 Å². The number of rotatable bonds is 8. The van der Waals surface area contributed by atoms with Crippen LogP contribution >= 0.6 is 12.2 Å². The van der Waals surface area contributed by atoms with Gasteiger partial charge in [-0.3, -0.25) is 0 Å². The molecule has 0 radical (unpaired) electrons. The predicted molar refractivity (Wildman–Crippen MR) is 78.5 cm³/mol. The van der Waals surface area contributed by atoms with Gasteiger partial charge in [-0.2, -0.15) is 0 Å². The normalized spacial score (nSPS) is 10.1. The van der Waals surface area contributed by atoms with E-state index in [1.807, 2.05) is 18.2 Å². The Kier molecular flexibility index (Phi) is 6.50. The first-order valence-electron chi connectivity index (χ1n) is 6.29. The van der Waals surface area contributed by atoms with Crippen molar-refractivity contribution in [3.63, 3.8) is 0 Å². The van der Waals surface area contributed by atoms with E-state index in [1.54, 1.807) is 7.11 Å². The van der Waals surface area contributed by atoms with Gasteiger partial charge in [-0.25, -0.2) is 0 Å².